The number of aromatic nitrogens is 7. The van der Waals surface area contributed by atoms with Crippen LogP contribution < -0.4 is 14.2 Å². The van der Waals surface area contributed by atoms with Crippen LogP contribution in [0.4, 0.5) is 5.95 Å². The van der Waals surface area contributed by atoms with Crippen molar-refractivity contribution in [3.8, 4) is 17.4 Å². The summed E-state index contributed by atoms with van der Waals surface area (Å²) in [6.07, 6.45) is 6.47. The lowest BCUT2D eigenvalue weighted by molar-refractivity contribution is 0.368. The smallest absolute Gasteiger partial charge is 0.245 e. The van der Waals surface area contributed by atoms with Crippen molar-refractivity contribution in [2.24, 2.45) is 0 Å². The minimum atomic E-state index is -3.91. The maximum atomic E-state index is 13.3. The first-order valence-electron chi connectivity index (χ1n) is 10.5. The predicted molar refractivity (Wildman–Crippen MR) is 119 cm³/mol. The molecule has 1 saturated carbocycles. The molecule has 0 radical (unpaired) electrons. The van der Waals surface area contributed by atoms with Crippen LogP contribution in [0.1, 0.15) is 55.7 Å². The van der Waals surface area contributed by atoms with Gasteiger partial charge in [-0.15, -0.1) is 10.2 Å². The molecule has 1 aliphatic carbocycles. The SMILES string of the molecule is COc1ncnc(OC)c1-n1c(NS(=O)(=O)[C@@H](C)[C@H](C)c2ncc(C)cn2)nnc1C1CC1. The molecule has 0 unspecified atom stereocenters. The quantitative estimate of drug-likeness (QED) is 0.488. The van der Waals surface area contributed by atoms with Crippen molar-refractivity contribution in [2.75, 3.05) is 18.9 Å². The molecule has 12 nitrogen and oxygen atoms in total. The number of hydrogen-bond acceptors (Lipinski definition) is 10. The van der Waals surface area contributed by atoms with Gasteiger partial charge in [-0.05, 0) is 32.3 Å². The van der Waals surface area contributed by atoms with Crippen molar-refractivity contribution >= 4 is 16.0 Å². The Morgan fingerprint density at radius 1 is 1.03 bits per heavy atom. The van der Waals surface area contributed by atoms with Crippen LogP contribution in [0.5, 0.6) is 11.8 Å². The third kappa shape index (κ3) is 4.45. The number of nitrogens with one attached hydrogen (secondary N) is 1. The molecule has 3 aromatic rings. The van der Waals surface area contributed by atoms with Crippen LogP contribution in [-0.2, 0) is 10.0 Å². The number of hydrogen-bond donors (Lipinski definition) is 1. The minimum Gasteiger partial charge on any atom is -0.479 e. The Morgan fingerprint density at radius 3 is 2.18 bits per heavy atom. The Morgan fingerprint density at radius 2 is 1.64 bits per heavy atom. The lowest BCUT2D eigenvalue weighted by Gasteiger charge is -2.21. The molecule has 33 heavy (non-hydrogen) atoms. The summed E-state index contributed by atoms with van der Waals surface area (Å²) in [5.74, 6) is 1.12. The molecule has 1 aliphatic rings. The van der Waals surface area contributed by atoms with Crippen LogP contribution >= 0.6 is 0 Å². The first-order valence-corrected chi connectivity index (χ1v) is 12.0. The van der Waals surface area contributed by atoms with E-state index in [-0.39, 0.29) is 23.6 Å². The van der Waals surface area contributed by atoms with Crippen molar-refractivity contribution in [1.29, 1.82) is 0 Å². The summed E-state index contributed by atoms with van der Waals surface area (Å²) < 4.78 is 41.6. The molecular formula is C20H26N8O4S. The number of ether oxygens (including phenoxy) is 2. The second-order valence-electron chi connectivity index (χ2n) is 7.99. The fourth-order valence-electron chi connectivity index (χ4n) is 3.36. The van der Waals surface area contributed by atoms with E-state index in [4.69, 9.17) is 9.47 Å². The second kappa shape index (κ2) is 8.89. The summed E-state index contributed by atoms with van der Waals surface area (Å²) in [7, 11) is -0.988. The number of rotatable bonds is 9. The zero-order valence-corrected chi connectivity index (χ0v) is 19.9. The molecule has 1 N–H and O–H groups in total. The van der Waals surface area contributed by atoms with Crippen molar-refractivity contribution < 1.29 is 17.9 Å². The third-order valence-corrected chi connectivity index (χ3v) is 7.49. The van der Waals surface area contributed by atoms with Gasteiger partial charge in [0.25, 0.3) is 0 Å². The van der Waals surface area contributed by atoms with Crippen molar-refractivity contribution in [3.63, 3.8) is 0 Å². The van der Waals surface area contributed by atoms with Crippen LogP contribution in [0.3, 0.4) is 0 Å². The maximum absolute atomic E-state index is 13.3. The zero-order valence-electron chi connectivity index (χ0n) is 19.1. The highest BCUT2D eigenvalue weighted by atomic mass is 32.2. The van der Waals surface area contributed by atoms with Crippen LogP contribution in [0.2, 0.25) is 0 Å². The summed E-state index contributed by atoms with van der Waals surface area (Å²) in [6, 6.07) is 0. The highest BCUT2D eigenvalue weighted by Crippen LogP contribution is 2.43. The van der Waals surface area contributed by atoms with Crippen molar-refractivity contribution in [1.82, 2.24) is 34.7 Å². The van der Waals surface area contributed by atoms with E-state index in [1.165, 1.54) is 20.5 Å². The number of methoxy groups -OCH3 is 2. The van der Waals surface area contributed by atoms with Crippen LogP contribution in [0.15, 0.2) is 18.7 Å². The van der Waals surface area contributed by atoms with E-state index >= 15 is 0 Å². The summed E-state index contributed by atoms with van der Waals surface area (Å²) in [5.41, 5.74) is 1.22. The maximum Gasteiger partial charge on any atom is 0.245 e. The van der Waals surface area contributed by atoms with Gasteiger partial charge in [-0.3, -0.25) is 9.29 Å². The second-order valence-corrected chi connectivity index (χ2v) is 10.0. The molecule has 13 heteroatoms. The monoisotopic (exact) mass is 474 g/mol. The average Bonchev–Trinajstić information content (AvgIpc) is 3.58. The number of aryl methyl sites for hydroxylation is 1. The van der Waals surface area contributed by atoms with E-state index < -0.39 is 21.2 Å². The van der Waals surface area contributed by atoms with Crippen molar-refractivity contribution in [2.45, 2.75) is 50.7 Å². The fraction of sp³-hybridized carbons (Fsp3) is 0.500. The Bertz CT molecular complexity index is 1220. The van der Waals surface area contributed by atoms with Crippen LogP contribution in [0.25, 0.3) is 5.69 Å². The summed E-state index contributed by atoms with van der Waals surface area (Å²) in [4.78, 5) is 16.9. The molecule has 0 saturated heterocycles. The molecule has 3 aromatic heterocycles. The van der Waals surface area contributed by atoms with Gasteiger partial charge in [-0.2, -0.15) is 9.97 Å². The van der Waals surface area contributed by atoms with E-state index in [1.54, 1.807) is 30.8 Å². The molecular weight excluding hydrogens is 448 g/mol. The average molecular weight is 475 g/mol. The molecule has 3 heterocycles. The number of nitrogens with zero attached hydrogens (tertiary/aromatic N) is 7. The minimum absolute atomic E-state index is 0.00664. The first kappa shape index (κ1) is 22.8. The summed E-state index contributed by atoms with van der Waals surface area (Å²) in [6.45, 7) is 5.24. The van der Waals surface area contributed by atoms with Gasteiger partial charge in [0.1, 0.15) is 18.0 Å². The lowest BCUT2D eigenvalue weighted by atomic mass is 10.1. The van der Waals surface area contributed by atoms with E-state index in [0.717, 1.165) is 18.4 Å². The zero-order chi connectivity index (χ0) is 23.8. The van der Waals surface area contributed by atoms with Crippen molar-refractivity contribution in [3.05, 3.63) is 35.9 Å². The Balaban J connectivity index is 1.73. The van der Waals surface area contributed by atoms with E-state index in [9.17, 15) is 8.42 Å². The van der Waals surface area contributed by atoms with Gasteiger partial charge in [0.15, 0.2) is 5.69 Å². The lowest BCUT2D eigenvalue weighted by Crippen LogP contribution is -2.31. The topological polar surface area (TPSA) is 147 Å². The summed E-state index contributed by atoms with van der Waals surface area (Å²) in [5, 5.41) is 7.54. The Kier molecular flexibility index (Phi) is 6.15. The predicted octanol–water partition coefficient (Wildman–Crippen LogP) is 1.98. The highest BCUT2D eigenvalue weighted by Gasteiger charge is 2.36. The standard InChI is InChI=1S/C20H26N8O4S/c1-11-8-21-16(22-9-11)12(2)13(3)33(29,30)27-20-26-25-17(14-6-7-14)28(20)15-18(31-4)23-10-24-19(15)32-5/h8-10,12-14H,6-7H2,1-5H3,(H,26,27)/t12-,13-/m0/s1. The van der Waals surface area contributed by atoms with Gasteiger partial charge >= 0.3 is 0 Å². The van der Waals surface area contributed by atoms with Gasteiger partial charge < -0.3 is 9.47 Å². The summed E-state index contributed by atoms with van der Waals surface area (Å²) >= 11 is 0. The Hall–Kier alpha value is -3.35. The van der Waals surface area contributed by atoms with Gasteiger partial charge in [0.2, 0.25) is 27.7 Å². The largest absolute Gasteiger partial charge is 0.479 e. The van der Waals surface area contributed by atoms with E-state index in [0.29, 0.717) is 17.3 Å². The number of sulfonamides is 1. The molecule has 0 aromatic carbocycles. The number of anilines is 1. The molecule has 0 bridgehead atoms. The molecule has 2 atom stereocenters. The van der Waals surface area contributed by atoms with Gasteiger partial charge in [-0.1, -0.05) is 6.92 Å². The first-order chi connectivity index (χ1) is 15.8. The highest BCUT2D eigenvalue weighted by molar-refractivity contribution is 7.93. The molecule has 0 amide bonds. The van der Waals surface area contributed by atoms with E-state index in [1.807, 2.05) is 6.92 Å². The van der Waals surface area contributed by atoms with Crippen LogP contribution in [-0.4, -0.2) is 62.6 Å². The van der Waals surface area contributed by atoms with E-state index in [2.05, 4.69) is 34.9 Å². The van der Waals surface area contributed by atoms with Crippen LogP contribution in [0, 0.1) is 6.92 Å². The van der Waals surface area contributed by atoms with Gasteiger partial charge in [-0.25, -0.2) is 18.4 Å². The molecule has 0 aliphatic heterocycles. The molecule has 1 fully saturated rings. The van der Waals surface area contributed by atoms with Gasteiger partial charge in [0.05, 0.1) is 19.5 Å². The molecule has 0 spiro atoms. The molecule has 176 valence electrons. The Labute approximate surface area is 191 Å². The molecule has 4 rings (SSSR count). The van der Waals surface area contributed by atoms with Gasteiger partial charge in [0, 0.05) is 24.2 Å². The third-order valence-electron chi connectivity index (χ3n) is 5.63. The fourth-order valence-corrected chi connectivity index (χ4v) is 4.59. The normalized spacial score (nSPS) is 15.7.